The molecule has 2 atom stereocenters. The third-order valence-corrected chi connectivity index (χ3v) is 3.53. The van der Waals surface area contributed by atoms with E-state index in [9.17, 15) is 9.59 Å². The van der Waals surface area contributed by atoms with Gasteiger partial charge in [0.25, 0.3) is 0 Å². The van der Waals surface area contributed by atoms with E-state index in [1.807, 2.05) is 0 Å². The van der Waals surface area contributed by atoms with Crippen LogP contribution in [0.5, 0.6) is 0 Å². The highest BCUT2D eigenvalue weighted by Crippen LogP contribution is 2.24. The minimum atomic E-state index is -0.846. The summed E-state index contributed by atoms with van der Waals surface area (Å²) in [6.07, 6.45) is 4.76. The first-order chi connectivity index (χ1) is 9.60. The first kappa shape index (κ1) is 14.4. The third kappa shape index (κ3) is 3.53. The topological polar surface area (TPSA) is 123 Å². The Morgan fingerprint density at radius 2 is 2.20 bits per heavy atom. The zero-order chi connectivity index (χ0) is 14.5. The summed E-state index contributed by atoms with van der Waals surface area (Å²) in [5, 5.41) is 19.5. The van der Waals surface area contributed by atoms with Gasteiger partial charge in [-0.05, 0) is 12.8 Å². The molecule has 0 bridgehead atoms. The molecule has 0 saturated heterocycles. The molecule has 20 heavy (non-hydrogen) atoms. The van der Waals surface area contributed by atoms with Crippen LogP contribution in [-0.2, 0) is 22.7 Å². The Morgan fingerprint density at radius 3 is 2.85 bits per heavy atom. The van der Waals surface area contributed by atoms with Crippen LogP contribution in [0.1, 0.15) is 31.4 Å². The molecule has 8 nitrogen and oxygen atoms in total. The molecule has 1 heterocycles. The van der Waals surface area contributed by atoms with Gasteiger partial charge in [-0.2, -0.15) is 0 Å². The van der Waals surface area contributed by atoms with Crippen LogP contribution in [0, 0.1) is 5.92 Å². The van der Waals surface area contributed by atoms with E-state index < -0.39 is 11.9 Å². The van der Waals surface area contributed by atoms with Crippen molar-refractivity contribution in [3.8, 4) is 0 Å². The van der Waals surface area contributed by atoms with Crippen LogP contribution >= 0.6 is 0 Å². The van der Waals surface area contributed by atoms with Crippen LogP contribution in [-0.4, -0.2) is 38.0 Å². The molecule has 2 rings (SSSR count). The van der Waals surface area contributed by atoms with E-state index in [2.05, 4.69) is 15.6 Å². The fourth-order valence-corrected chi connectivity index (χ4v) is 2.51. The molecule has 2 unspecified atom stereocenters. The van der Waals surface area contributed by atoms with Crippen molar-refractivity contribution in [1.82, 2.24) is 20.3 Å². The number of aromatic nitrogens is 3. The molecular weight excluding hydrogens is 262 g/mol. The van der Waals surface area contributed by atoms with Crippen molar-refractivity contribution in [2.75, 3.05) is 0 Å². The summed E-state index contributed by atoms with van der Waals surface area (Å²) in [6, 6.07) is -0.300. The normalized spacial score (nSPS) is 22.4. The summed E-state index contributed by atoms with van der Waals surface area (Å²) in [4.78, 5) is 23.1. The highest BCUT2D eigenvalue weighted by atomic mass is 16.4. The maximum atomic E-state index is 11.9. The number of amides is 1. The number of nitrogens with one attached hydrogen (secondary N) is 1. The van der Waals surface area contributed by atoms with Gasteiger partial charge in [-0.1, -0.05) is 18.1 Å². The maximum Gasteiger partial charge on any atom is 0.308 e. The van der Waals surface area contributed by atoms with Crippen molar-refractivity contribution in [2.45, 2.75) is 44.8 Å². The van der Waals surface area contributed by atoms with Gasteiger partial charge < -0.3 is 16.2 Å². The van der Waals surface area contributed by atoms with Gasteiger partial charge in [0.05, 0.1) is 17.8 Å². The van der Waals surface area contributed by atoms with Gasteiger partial charge in [-0.15, -0.1) is 5.10 Å². The molecule has 0 spiro atoms. The standard InChI is InChI=1S/C12H19N5O3/c13-5-8-6-17(16-15-8)7-11(18)14-10-4-2-1-3-9(10)12(19)20/h6,9-10H,1-5,7,13H2,(H,14,18)(H,19,20). The molecule has 0 radical (unpaired) electrons. The first-order valence-corrected chi connectivity index (χ1v) is 6.71. The van der Waals surface area contributed by atoms with Crippen LogP contribution in [0.25, 0.3) is 0 Å². The quantitative estimate of drug-likeness (QED) is 0.668. The van der Waals surface area contributed by atoms with Gasteiger partial charge in [-0.3, -0.25) is 9.59 Å². The highest BCUT2D eigenvalue weighted by molar-refractivity contribution is 5.78. The van der Waals surface area contributed by atoms with E-state index in [1.165, 1.54) is 4.68 Å². The van der Waals surface area contributed by atoms with Crippen LogP contribution in [0.15, 0.2) is 6.20 Å². The lowest BCUT2D eigenvalue weighted by Crippen LogP contribution is -2.46. The Balaban J connectivity index is 1.91. The number of nitrogens with zero attached hydrogens (tertiary/aromatic N) is 3. The van der Waals surface area contributed by atoms with Crippen molar-refractivity contribution in [3.63, 3.8) is 0 Å². The Labute approximate surface area is 116 Å². The van der Waals surface area contributed by atoms with E-state index in [4.69, 9.17) is 10.8 Å². The fourth-order valence-electron chi connectivity index (χ4n) is 2.51. The number of hydrogen-bond acceptors (Lipinski definition) is 5. The van der Waals surface area contributed by atoms with Crippen LogP contribution in [0.4, 0.5) is 0 Å². The minimum Gasteiger partial charge on any atom is -0.481 e. The summed E-state index contributed by atoms with van der Waals surface area (Å²) < 4.78 is 1.40. The third-order valence-electron chi connectivity index (χ3n) is 3.53. The Morgan fingerprint density at radius 1 is 1.45 bits per heavy atom. The molecule has 110 valence electrons. The molecule has 0 aliphatic heterocycles. The molecule has 1 aromatic heterocycles. The molecule has 8 heteroatoms. The molecule has 4 N–H and O–H groups in total. The number of rotatable bonds is 5. The smallest absolute Gasteiger partial charge is 0.308 e. The van der Waals surface area contributed by atoms with E-state index in [0.717, 1.165) is 12.8 Å². The number of carboxylic acid groups (broad SMARTS) is 1. The number of aliphatic carboxylic acids is 1. The average Bonchev–Trinajstić information content (AvgIpc) is 2.86. The van der Waals surface area contributed by atoms with Crippen molar-refractivity contribution in [1.29, 1.82) is 0 Å². The van der Waals surface area contributed by atoms with Gasteiger partial charge in [0.2, 0.25) is 5.91 Å². The van der Waals surface area contributed by atoms with Crippen LogP contribution in [0.2, 0.25) is 0 Å². The van der Waals surface area contributed by atoms with E-state index >= 15 is 0 Å². The summed E-state index contributed by atoms with van der Waals surface area (Å²) >= 11 is 0. The lowest BCUT2D eigenvalue weighted by molar-refractivity contribution is -0.144. The molecule has 0 aromatic carbocycles. The Bertz CT molecular complexity index is 487. The minimum absolute atomic E-state index is 0.0236. The molecule has 1 aliphatic rings. The van der Waals surface area contributed by atoms with E-state index in [1.54, 1.807) is 6.20 Å². The van der Waals surface area contributed by atoms with Gasteiger partial charge in [0.1, 0.15) is 6.54 Å². The largest absolute Gasteiger partial charge is 0.481 e. The van der Waals surface area contributed by atoms with Crippen LogP contribution < -0.4 is 11.1 Å². The summed E-state index contributed by atoms with van der Waals surface area (Å²) in [7, 11) is 0. The second kappa shape index (κ2) is 6.47. The molecule has 1 aliphatic carbocycles. The maximum absolute atomic E-state index is 11.9. The average molecular weight is 281 g/mol. The summed E-state index contributed by atoms with van der Waals surface area (Å²) in [5.41, 5.74) is 6.02. The van der Waals surface area contributed by atoms with Crippen molar-refractivity contribution in [2.24, 2.45) is 11.7 Å². The Hall–Kier alpha value is -1.96. The van der Waals surface area contributed by atoms with Crippen molar-refractivity contribution < 1.29 is 14.7 Å². The second-order valence-electron chi connectivity index (χ2n) is 5.01. The first-order valence-electron chi connectivity index (χ1n) is 6.71. The van der Waals surface area contributed by atoms with E-state index in [-0.39, 0.29) is 25.0 Å². The lowest BCUT2D eigenvalue weighted by Gasteiger charge is -2.29. The number of carbonyl (C=O) groups is 2. The number of carboxylic acids is 1. The fraction of sp³-hybridized carbons (Fsp3) is 0.667. The van der Waals surface area contributed by atoms with Gasteiger partial charge in [0, 0.05) is 12.6 Å². The zero-order valence-electron chi connectivity index (χ0n) is 11.2. The predicted molar refractivity (Wildman–Crippen MR) is 69.4 cm³/mol. The number of nitrogens with two attached hydrogens (primary N) is 1. The molecule has 1 aromatic rings. The summed E-state index contributed by atoms with van der Waals surface area (Å²) in [5.74, 6) is -1.60. The van der Waals surface area contributed by atoms with Crippen molar-refractivity contribution >= 4 is 11.9 Å². The zero-order valence-corrected chi connectivity index (χ0v) is 11.2. The second-order valence-corrected chi connectivity index (χ2v) is 5.01. The van der Waals surface area contributed by atoms with Gasteiger partial charge in [0.15, 0.2) is 0 Å². The highest BCUT2D eigenvalue weighted by Gasteiger charge is 2.31. The van der Waals surface area contributed by atoms with E-state index in [0.29, 0.717) is 18.5 Å². The molecule has 1 saturated carbocycles. The van der Waals surface area contributed by atoms with Crippen LogP contribution in [0.3, 0.4) is 0 Å². The van der Waals surface area contributed by atoms with Crippen molar-refractivity contribution in [3.05, 3.63) is 11.9 Å². The molecular formula is C12H19N5O3. The predicted octanol–water partition coefficient (Wildman–Crippen LogP) is -0.504. The van der Waals surface area contributed by atoms with Gasteiger partial charge >= 0.3 is 5.97 Å². The number of carbonyl (C=O) groups excluding carboxylic acids is 1. The molecule has 1 fully saturated rings. The number of hydrogen-bond donors (Lipinski definition) is 3. The molecule has 1 amide bonds. The monoisotopic (exact) mass is 281 g/mol. The SMILES string of the molecule is NCc1cn(CC(=O)NC2CCCCC2C(=O)O)nn1. The lowest BCUT2D eigenvalue weighted by atomic mass is 9.84. The Kier molecular flexibility index (Phi) is 4.67. The summed E-state index contributed by atoms with van der Waals surface area (Å²) in [6.45, 7) is 0.293. The van der Waals surface area contributed by atoms with Gasteiger partial charge in [-0.25, -0.2) is 4.68 Å².